The first-order valence-corrected chi connectivity index (χ1v) is 8.62. The maximum Gasteiger partial charge on any atom is 0.331 e. The summed E-state index contributed by atoms with van der Waals surface area (Å²) >= 11 is 0. The number of aliphatic hydroxyl groups excluding tert-OH is 2. The van der Waals surface area contributed by atoms with E-state index in [0.29, 0.717) is 6.61 Å². The van der Waals surface area contributed by atoms with Gasteiger partial charge in [-0.05, 0) is 63.5 Å². The summed E-state index contributed by atoms with van der Waals surface area (Å²) in [5.41, 5.74) is 4.41. The maximum absolute atomic E-state index is 11.0. The van der Waals surface area contributed by atoms with E-state index in [1.807, 2.05) is 13.0 Å². The van der Waals surface area contributed by atoms with E-state index in [2.05, 4.69) is 19.1 Å². The van der Waals surface area contributed by atoms with Crippen LogP contribution in [0.2, 0.25) is 0 Å². The minimum Gasteiger partial charge on any atom is -0.458 e. The number of carbonyl (C=O) groups is 1. The number of esters is 1. The first-order chi connectivity index (χ1) is 11.5. The van der Waals surface area contributed by atoms with Crippen LogP contribution in [0.5, 0.6) is 0 Å². The fraction of sp³-hybridized carbons (Fsp3) is 0.550. The first-order valence-electron chi connectivity index (χ1n) is 8.62. The Balaban J connectivity index is 2.28. The van der Waals surface area contributed by atoms with E-state index in [1.165, 1.54) is 5.57 Å². The lowest BCUT2D eigenvalue weighted by Crippen LogP contribution is -1.92. The van der Waals surface area contributed by atoms with Gasteiger partial charge in [0.05, 0.1) is 13.2 Å². The van der Waals surface area contributed by atoms with Crippen molar-refractivity contribution < 1.29 is 19.7 Å². The molecule has 1 aliphatic heterocycles. The molecule has 24 heavy (non-hydrogen) atoms. The van der Waals surface area contributed by atoms with Crippen LogP contribution in [-0.4, -0.2) is 36.0 Å². The van der Waals surface area contributed by atoms with Gasteiger partial charge in [0.2, 0.25) is 0 Å². The van der Waals surface area contributed by atoms with Crippen molar-refractivity contribution in [3.8, 4) is 0 Å². The largest absolute Gasteiger partial charge is 0.458 e. The Hall–Kier alpha value is -1.65. The molecule has 0 aliphatic carbocycles. The highest BCUT2D eigenvalue weighted by atomic mass is 16.5. The molecule has 0 atom stereocenters. The third kappa shape index (κ3) is 8.85. The van der Waals surface area contributed by atoms with E-state index in [4.69, 9.17) is 9.84 Å². The number of aliphatic hydroxyl groups is 2. The average Bonchev–Trinajstić information content (AvgIpc) is 2.98. The number of hydrogen-bond donors (Lipinski definition) is 2. The third-order valence-corrected chi connectivity index (χ3v) is 4.06. The van der Waals surface area contributed by atoms with Gasteiger partial charge in [0.1, 0.15) is 6.61 Å². The Kier molecular flexibility index (Phi) is 10.0. The smallest absolute Gasteiger partial charge is 0.331 e. The predicted molar refractivity (Wildman–Crippen MR) is 96.5 cm³/mol. The third-order valence-electron chi connectivity index (χ3n) is 4.06. The molecular formula is C20H30O4. The van der Waals surface area contributed by atoms with Crippen LogP contribution in [0, 0.1) is 0 Å². The molecule has 1 heterocycles. The summed E-state index contributed by atoms with van der Waals surface area (Å²) in [6.45, 7) is 4.65. The predicted octanol–water partition coefficient (Wildman–Crippen LogP) is 3.61. The van der Waals surface area contributed by atoms with Crippen LogP contribution in [0.15, 0.2) is 46.6 Å². The van der Waals surface area contributed by atoms with Gasteiger partial charge in [-0.15, -0.1) is 0 Å². The zero-order chi connectivity index (χ0) is 17.8. The van der Waals surface area contributed by atoms with E-state index < -0.39 is 0 Å². The molecule has 1 aliphatic rings. The lowest BCUT2D eigenvalue weighted by molar-refractivity contribution is -0.134. The zero-order valence-corrected chi connectivity index (χ0v) is 14.9. The Morgan fingerprint density at radius 1 is 1.04 bits per heavy atom. The van der Waals surface area contributed by atoms with Gasteiger partial charge >= 0.3 is 5.97 Å². The number of hydrogen-bond acceptors (Lipinski definition) is 4. The summed E-state index contributed by atoms with van der Waals surface area (Å²) in [5, 5.41) is 18.3. The second kappa shape index (κ2) is 11.8. The Morgan fingerprint density at radius 3 is 2.38 bits per heavy atom. The number of cyclic esters (lactones) is 1. The fourth-order valence-electron chi connectivity index (χ4n) is 2.48. The van der Waals surface area contributed by atoms with Gasteiger partial charge in [0, 0.05) is 6.08 Å². The van der Waals surface area contributed by atoms with Crippen LogP contribution < -0.4 is 0 Å². The minimum absolute atomic E-state index is 0.0942. The standard InChI is InChI=1S/C20H30O4/c1-16(7-4-11-19-12-20(23)24-15-19)6-3-9-18(14-22)10-5-8-17(2)13-21/h7-9,12,21-22H,3-6,10-11,13-15H2,1-2H3/b16-7+,17-8+,18-9-. The summed E-state index contributed by atoms with van der Waals surface area (Å²) in [7, 11) is 0. The van der Waals surface area contributed by atoms with Crippen molar-refractivity contribution in [2.45, 2.75) is 52.4 Å². The van der Waals surface area contributed by atoms with Crippen LogP contribution in [0.3, 0.4) is 0 Å². The zero-order valence-electron chi connectivity index (χ0n) is 14.9. The SMILES string of the molecule is C/C(=C\CC/C(=C/CC/C(C)=C/CCC1=CC(=O)OC1)CO)CO. The highest BCUT2D eigenvalue weighted by molar-refractivity contribution is 5.85. The molecular weight excluding hydrogens is 304 g/mol. The van der Waals surface area contributed by atoms with Gasteiger partial charge in [0.25, 0.3) is 0 Å². The van der Waals surface area contributed by atoms with Crippen molar-refractivity contribution in [3.05, 3.63) is 46.6 Å². The fourth-order valence-corrected chi connectivity index (χ4v) is 2.48. The van der Waals surface area contributed by atoms with Gasteiger partial charge in [0.15, 0.2) is 0 Å². The van der Waals surface area contributed by atoms with E-state index in [9.17, 15) is 9.90 Å². The van der Waals surface area contributed by atoms with Crippen LogP contribution in [0.25, 0.3) is 0 Å². The monoisotopic (exact) mass is 334 g/mol. The van der Waals surface area contributed by atoms with Gasteiger partial charge in [-0.2, -0.15) is 0 Å². The normalized spacial score (nSPS) is 16.4. The van der Waals surface area contributed by atoms with Crippen LogP contribution >= 0.6 is 0 Å². The van der Waals surface area contributed by atoms with Crippen molar-refractivity contribution in [2.24, 2.45) is 0 Å². The van der Waals surface area contributed by atoms with Crippen molar-refractivity contribution in [1.29, 1.82) is 0 Å². The molecule has 2 N–H and O–H groups in total. The molecule has 0 amide bonds. The highest BCUT2D eigenvalue weighted by Gasteiger charge is 2.11. The lowest BCUT2D eigenvalue weighted by Gasteiger charge is -2.04. The molecule has 1 rings (SSSR count). The average molecular weight is 334 g/mol. The van der Waals surface area contributed by atoms with Gasteiger partial charge in [-0.25, -0.2) is 4.79 Å². The Morgan fingerprint density at radius 2 is 1.75 bits per heavy atom. The Labute approximate surface area is 145 Å². The maximum atomic E-state index is 11.0. The van der Waals surface area contributed by atoms with E-state index in [0.717, 1.165) is 55.2 Å². The highest BCUT2D eigenvalue weighted by Crippen LogP contribution is 2.16. The second-order valence-electron chi connectivity index (χ2n) is 6.31. The summed E-state index contributed by atoms with van der Waals surface area (Å²) in [6.07, 6.45) is 13.3. The van der Waals surface area contributed by atoms with E-state index in [-0.39, 0.29) is 19.2 Å². The second-order valence-corrected chi connectivity index (χ2v) is 6.31. The van der Waals surface area contributed by atoms with Gasteiger partial charge < -0.3 is 14.9 Å². The topological polar surface area (TPSA) is 66.8 Å². The van der Waals surface area contributed by atoms with Crippen molar-refractivity contribution >= 4 is 5.97 Å². The summed E-state index contributed by atoms with van der Waals surface area (Å²) in [4.78, 5) is 11.0. The van der Waals surface area contributed by atoms with Crippen molar-refractivity contribution in [2.75, 3.05) is 19.8 Å². The number of ether oxygens (including phenoxy) is 1. The van der Waals surface area contributed by atoms with Crippen molar-refractivity contribution in [3.63, 3.8) is 0 Å². The van der Waals surface area contributed by atoms with Crippen molar-refractivity contribution in [1.82, 2.24) is 0 Å². The van der Waals surface area contributed by atoms with E-state index in [1.54, 1.807) is 6.08 Å². The van der Waals surface area contributed by atoms with E-state index >= 15 is 0 Å². The molecule has 0 radical (unpaired) electrons. The molecule has 0 spiro atoms. The molecule has 0 aromatic heterocycles. The summed E-state index contributed by atoms with van der Waals surface area (Å²) < 4.78 is 4.88. The number of carbonyl (C=O) groups excluding carboxylic acids is 1. The van der Waals surface area contributed by atoms with Gasteiger partial charge in [-0.1, -0.05) is 29.4 Å². The molecule has 0 saturated heterocycles. The van der Waals surface area contributed by atoms with Crippen LogP contribution in [-0.2, 0) is 9.53 Å². The first kappa shape index (κ1) is 20.4. The molecule has 0 aromatic rings. The minimum atomic E-state index is -0.226. The molecule has 0 aromatic carbocycles. The summed E-state index contributed by atoms with van der Waals surface area (Å²) in [5.74, 6) is -0.226. The molecule has 4 nitrogen and oxygen atoms in total. The summed E-state index contributed by atoms with van der Waals surface area (Å²) in [6, 6.07) is 0. The number of allylic oxidation sites excluding steroid dienone is 4. The quantitative estimate of drug-likeness (QED) is 0.447. The molecule has 4 heteroatoms. The molecule has 0 saturated carbocycles. The Bertz CT molecular complexity index is 524. The lowest BCUT2D eigenvalue weighted by atomic mass is 10.0. The molecule has 134 valence electrons. The van der Waals surface area contributed by atoms with Crippen LogP contribution in [0.1, 0.15) is 52.4 Å². The molecule has 0 fully saturated rings. The van der Waals surface area contributed by atoms with Gasteiger partial charge in [-0.3, -0.25) is 0 Å². The molecule has 0 bridgehead atoms. The van der Waals surface area contributed by atoms with Crippen LogP contribution in [0.4, 0.5) is 0 Å². The number of rotatable bonds is 11. The molecule has 0 unspecified atom stereocenters.